The lowest BCUT2D eigenvalue weighted by Crippen LogP contribution is -2.31. The number of aliphatic hydroxyl groups excluding tert-OH is 1. The maximum Gasteiger partial charge on any atom is 0.139 e. The summed E-state index contributed by atoms with van der Waals surface area (Å²) < 4.78 is 6.17. The van der Waals surface area contributed by atoms with Gasteiger partial charge in [-0.2, -0.15) is 0 Å². The van der Waals surface area contributed by atoms with E-state index < -0.39 is 0 Å². The molecule has 1 aromatic carbocycles. The monoisotopic (exact) mass is 286 g/mol. The second-order valence-electron chi connectivity index (χ2n) is 4.97. The lowest BCUT2D eigenvalue weighted by atomic mass is 10.0. The van der Waals surface area contributed by atoms with Crippen LogP contribution in [0.2, 0.25) is 0 Å². The van der Waals surface area contributed by atoms with Crippen LogP contribution in [-0.4, -0.2) is 22.7 Å². The Hall–Kier alpha value is -1.91. The van der Waals surface area contributed by atoms with E-state index in [0.717, 1.165) is 23.3 Å². The third-order valence-corrected chi connectivity index (χ3v) is 3.50. The molecule has 0 saturated carbocycles. The second-order valence-corrected chi connectivity index (χ2v) is 4.97. The predicted octanol–water partition coefficient (Wildman–Crippen LogP) is 2.47. The molecule has 0 saturated heterocycles. The van der Waals surface area contributed by atoms with Crippen molar-refractivity contribution in [2.75, 3.05) is 6.61 Å². The summed E-state index contributed by atoms with van der Waals surface area (Å²) in [4.78, 5) is 4.04. The maximum absolute atomic E-state index is 9.16. The summed E-state index contributed by atoms with van der Waals surface area (Å²) in [7, 11) is 0. The molecular weight excluding hydrogens is 264 g/mol. The third kappa shape index (κ3) is 4.03. The van der Waals surface area contributed by atoms with Crippen molar-refractivity contribution in [2.24, 2.45) is 5.73 Å². The van der Waals surface area contributed by atoms with E-state index in [2.05, 4.69) is 4.98 Å². The molecule has 0 spiro atoms. The van der Waals surface area contributed by atoms with Crippen LogP contribution in [0, 0.1) is 0 Å². The lowest BCUT2D eigenvalue weighted by molar-refractivity contribution is 0.168. The summed E-state index contributed by atoms with van der Waals surface area (Å²) in [5, 5.41) is 9.16. The SMILES string of the molecule is CCC(N)C(Oc1ccccc1CCO)c1ccncc1. The van der Waals surface area contributed by atoms with Gasteiger partial charge in [-0.3, -0.25) is 4.98 Å². The van der Waals surface area contributed by atoms with Crippen molar-refractivity contribution >= 4 is 0 Å². The molecule has 112 valence electrons. The smallest absolute Gasteiger partial charge is 0.139 e. The first kappa shape index (κ1) is 15.5. The highest BCUT2D eigenvalue weighted by Gasteiger charge is 2.21. The molecule has 0 radical (unpaired) electrons. The summed E-state index contributed by atoms with van der Waals surface area (Å²) in [6.07, 6.45) is 4.65. The van der Waals surface area contributed by atoms with E-state index >= 15 is 0 Å². The van der Waals surface area contributed by atoms with Gasteiger partial charge in [0.1, 0.15) is 11.9 Å². The predicted molar refractivity (Wildman–Crippen MR) is 83.1 cm³/mol. The topological polar surface area (TPSA) is 68.4 Å². The molecule has 2 atom stereocenters. The first-order valence-electron chi connectivity index (χ1n) is 7.27. The van der Waals surface area contributed by atoms with Gasteiger partial charge in [-0.15, -0.1) is 0 Å². The quantitative estimate of drug-likeness (QED) is 0.820. The zero-order chi connectivity index (χ0) is 15.1. The van der Waals surface area contributed by atoms with Crippen LogP contribution in [0.25, 0.3) is 0 Å². The molecule has 2 aromatic rings. The Morgan fingerprint density at radius 2 is 1.90 bits per heavy atom. The molecule has 0 amide bonds. The van der Waals surface area contributed by atoms with Crippen LogP contribution in [0.5, 0.6) is 5.75 Å². The zero-order valence-electron chi connectivity index (χ0n) is 12.3. The molecule has 3 N–H and O–H groups in total. The van der Waals surface area contributed by atoms with Crippen molar-refractivity contribution < 1.29 is 9.84 Å². The summed E-state index contributed by atoms with van der Waals surface area (Å²) in [6, 6.07) is 11.5. The van der Waals surface area contributed by atoms with Crippen LogP contribution in [0.15, 0.2) is 48.8 Å². The number of ether oxygens (including phenoxy) is 1. The minimum absolute atomic E-state index is 0.0973. The molecule has 4 nitrogen and oxygen atoms in total. The zero-order valence-corrected chi connectivity index (χ0v) is 12.3. The van der Waals surface area contributed by atoms with Crippen LogP contribution >= 0.6 is 0 Å². The van der Waals surface area contributed by atoms with Gasteiger partial charge in [0.25, 0.3) is 0 Å². The molecule has 0 aliphatic rings. The number of nitrogens with two attached hydrogens (primary N) is 1. The van der Waals surface area contributed by atoms with Crippen LogP contribution in [0.4, 0.5) is 0 Å². The average Bonchev–Trinajstić information content (AvgIpc) is 2.54. The Kier molecular flexibility index (Phi) is 5.72. The van der Waals surface area contributed by atoms with Gasteiger partial charge in [-0.25, -0.2) is 0 Å². The highest BCUT2D eigenvalue weighted by Crippen LogP contribution is 2.28. The van der Waals surface area contributed by atoms with Crippen molar-refractivity contribution in [1.82, 2.24) is 4.98 Å². The standard InChI is InChI=1S/C17H22N2O2/c1-2-15(18)17(14-7-10-19-11-8-14)21-16-6-4-3-5-13(16)9-12-20/h3-8,10-11,15,17,20H,2,9,12,18H2,1H3. The summed E-state index contributed by atoms with van der Waals surface area (Å²) in [5.41, 5.74) is 8.23. The fourth-order valence-corrected chi connectivity index (χ4v) is 2.25. The largest absolute Gasteiger partial charge is 0.484 e. The molecule has 4 heteroatoms. The molecule has 21 heavy (non-hydrogen) atoms. The Balaban J connectivity index is 2.27. The Bertz CT molecular complexity index is 545. The van der Waals surface area contributed by atoms with Crippen LogP contribution in [-0.2, 0) is 6.42 Å². The Labute approximate surface area is 125 Å². The number of pyridine rings is 1. The molecule has 0 aliphatic heterocycles. The average molecular weight is 286 g/mol. The molecule has 0 fully saturated rings. The van der Waals surface area contributed by atoms with Crippen molar-refractivity contribution in [2.45, 2.75) is 31.9 Å². The van der Waals surface area contributed by atoms with E-state index in [4.69, 9.17) is 15.6 Å². The van der Waals surface area contributed by atoms with Crippen molar-refractivity contribution in [3.05, 3.63) is 59.9 Å². The first-order valence-corrected chi connectivity index (χ1v) is 7.27. The fourth-order valence-electron chi connectivity index (χ4n) is 2.25. The maximum atomic E-state index is 9.16. The lowest BCUT2D eigenvalue weighted by Gasteiger charge is -2.25. The minimum Gasteiger partial charge on any atom is -0.484 e. The normalized spacial score (nSPS) is 13.7. The summed E-state index contributed by atoms with van der Waals surface area (Å²) >= 11 is 0. The minimum atomic E-state index is -0.224. The number of aromatic nitrogens is 1. The van der Waals surface area contributed by atoms with Gasteiger partial charge in [0.05, 0.1) is 0 Å². The van der Waals surface area contributed by atoms with E-state index in [1.165, 1.54) is 0 Å². The number of para-hydroxylation sites is 1. The van der Waals surface area contributed by atoms with Crippen LogP contribution in [0.1, 0.15) is 30.6 Å². The van der Waals surface area contributed by atoms with E-state index in [9.17, 15) is 0 Å². The Morgan fingerprint density at radius 3 is 2.57 bits per heavy atom. The molecule has 2 rings (SSSR count). The number of rotatable bonds is 7. The highest BCUT2D eigenvalue weighted by atomic mass is 16.5. The van der Waals surface area contributed by atoms with Gasteiger partial charge in [-0.05, 0) is 42.2 Å². The van der Waals surface area contributed by atoms with Crippen molar-refractivity contribution in [3.63, 3.8) is 0 Å². The van der Waals surface area contributed by atoms with Crippen molar-refractivity contribution in [3.8, 4) is 5.75 Å². The molecule has 1 aromatic heterocycles. The van der Waals surface area contributed by atoms with E-state index in [1.807, 2.05) is 43.3 Å². The van der Waals surface area contributed by atoms with Gasteiger partial charge >= 0.3 is 0 Å². The molecule has 1 heterocycles. The van der Waals surface area contributed by atoms with Crippen molar-refractivity contribution in [1.29, 1.82) is 0 Å². The van der Waals surface area contributed by atoms with Gasteiger partial charge in [0.15, 0.2) is 0 Å². The molecule has 0 bridgehead atoms. The van der Waals surface area contributed by atoms with Gasteiger partial charge in [0.2, 0.25) is 0 Å². The van der Waals surface area contributed by atoms with E-state index in [0.29, 0.717) is 6.42 Å². The first-order chi connectivity index (χ1) is 10.3. The third-order valence-electron chi connectivity index (χ3n) is 3.50. The second kappa shape index (κ2) is 7.76. The molecular formula is C17H22N2O2. The number of hydrogen-bond donors (Lipinski definition) is 2. The van der Waals surface area contributed by atoms with Gasteiger partial charge in [-0.1, -0.05) is 25.1 Å². The molecule has 0 aliphatic carbocycles. The van der Waals surface area contributed by atoms with Crippen LogP contribution in [0.3, 0.4) is 0 Å². The highest BCUT2D eigenvalue weighted by molar-refractivity contribution is 5.34. The number of hydrogen-bond acceptors (Lipinski definition) is 4. The number of nitrogens with zero attached hydrogens (tertiary/aromatic N) is 1. The van der Waals surface area contributed by atoms with E-state index in [1.54, 1.807) is 12.4 Å². The fraction of sp³-hybridized carbons (Fsp3) is 0.353. The Morgan fingerprint density at radius 1 is 1.19 bits per heavy atom. The van der Waals surface area contributed by atoms with Gasteiger partial charge < -0.3 is 15.6 Å². The number of aliphatic hydroxyl groups is 1. The van der Waals surface area contributed by atoms with Crippen LogP contribution < -0.4 is 10.5 Å². The van der Waals surface area contributed by atoms with E-state index in [-0.39, 0.29) is 18.8 Å². The van der Waals surface area contributed by atoms with Gasteiger partial charge in [0, 0.05) is 25.0 Å². The number of benzene rings is 1. The summed E-state index contributed by atoms with van der Waals surface area (Å²) in [6.45, 7) is 2.14. The summed E-state index contributed by atoms with van der Waals surface area (Å²) in [5.74, 6) is 0.775. The molecule has 2 unspecified atom stereocenters.